The number of rotatable bonds is 3. The minimum Gasteiger partial charge on any atom is -0.496 e. The van der Waals surface area contributed by atoms with Crippen molar-refractivity contribution in [3.63, 3.8) is 0 Å². The van der Waals surface area contributed by atoms with Crippen molar-refractivity contribution in [2.45, 2.75) is 32.9 Å². The summed E-state index contributed by atoms with van der Waals surface area (Å²) in [4.78, 5) is 12.4. The number of carbonyl (C=O) groups excluding carboxylic acids is 1. The lowest BCUT2D eigenvalue weighted by Crippen LogP contribution is -2.06. The smallest absolute Gasteiger partial charge is 0.416 e. The predicted octanol–water partition coefficient (Wildman–Crippen LogP) is 5.64. The molecule has 142 valence electrons. The van der Waals surface area contributed by atoms with E-state index in [0.29, 0.717) is 11.1 Å². The second-order valence-electron chi connectivity index (χ2n) is 6.88. The Kier molecular flexibility index (Phi) is 4.76. The fourth-order valence-corrected chi connectivity index (χ4v) is 3.17. The molecule has 6 heteroatoms. The summed E-state index contributed by atoms with van der Waals surface area (Å²) in [5.74, 6) is 0.582. The van der Waals surface area contributed by atoms with E-state index in [4.69, 9.17) is 4.74 Å². The second-order valence-corrected chi connectivity index (χ2v) is 6.88. The number of alkyl halides is 3. The van der Waals surface area contributed by atoms with Crippen molar-refractivity contribution in [1.29, 1.82) is 0 Å². The Morgan fingerprint density at radius 3 is 2.44 bits per heavy atom. The van der Waals surface area contributed by atoms with Gasteiger partial charge in [0.25, 0.3) is 5.91 Å². The first-order chi connectivity index (χ1) is 12.6. The molecule has 3 nitrogen and oxygen atoms in total. The average molecular weight is 375 g/mol. The van der Waals surface area contributed by atoms with Gasteiger partial charge in [0.05, 0.1) is 12.7 Å². The number of carbonyl (C=O) groups is 1. The fraction of sp³-hybridized carbons (Fsp3) is 0.286. The van der Waals surface area contributed by atoms with Crippen LogP contribution in [0.3, 0.4) is 0 Å². The number of amides is 1. The third kappa shape index (κ3) is 3.56. The lowest BCUT2D eigenvalue weighted by atomic mass is 9.94. The largest absolute Gasteiger partial charge is 0.496 e. The number of hydrogen-bond donors (Lipinski definition) is 1. The van der Waals surface area contributed by atoms with Gasteiger partial charge in [0.15, 0.2) is 0 Å². The standard InChI is InChI=1S/C21H20F3NO2/c1-11(2)16-8-13(12(3)7-19(16)27-4)9-17-15-6-5-14(21(22,23)24)10-18(15)25-20(17)26/h5-11H,1-4H3,(H,25,26)/b17-9-. The number of aryl methyl sites for hydroxylation is 1. The molecule has 0 fully saturated rings. The molecule has 1 aliphatic rings. The van der Waals surface area contributed by atoms with Gasteiger partial charge in [0, 0.05) is 16.8 Å². The van der Waals surface area contributed by atoms with E-state index in [1.54, 1.807) is 13.2 Å². The van der Waals surface area contributed by atoms with Gasteiger partial charge in [0.2, 0.25) is 0 Å². The van der Waals surface area contributed by atoms with E-state index in [2.05, 4.69) is 5.32 Å². The van der Waals surface area contributed by atoms with Crippen molar-refractivity contribution < 1.29 is 22.7 Å². The van der Waals surface area contributed by atoms with Crippen molar-refractivity contribution >= 4 is 23.2 Å². The molecule has 2 aromatic rings. The third-order valence-corrected chi connectivity index (χ3v) is 4.67. The first-order valence-corrected chi connectivity index (χ1v) is 8.55. The summed E-state index contributed by atoms with van der Waals surface area (Å²) in [6, 6.07) is 7.16. The molecule has 3 rings (SSSR count). The molecule has 1 heterocycles. The fourth-order valence-electron chi connectivity index (χ4n) is 3.17. The molecule has 1 N–H and O–H groups in total. The minimum absolute atomic E-state index is 0.177. The van der Waals surface area contributed by atoms with Crippen LogP contribution in [0.5, 0.6) is 5.75 Å². The van der Waals surface area contributed by atoms with Gasteiger partial charge in [-0.2, -0.15) is 13.2 Å². The molecule has 0 aliphatic carbocycles. The first-order valence-electron chi connectivity index (χ1n) is 8.55. The van der Waals surface area contributed by atoms with Crippen LogP contribution in [-0.2, 0) is 11.0 Å². The van der Waals surface area contributed by atoms with Crippen molar-refractivity contribution in [2.24, 2.45) is 0 Å². The molecular weight excluding hydrogens is 355 g/mol. The normalized spacial score (nSPS) is 15.3. The molecule has 0 aromatic heterocycles. The summed E-state index contributed by atoms with van der Waals surface area (Å²) in [7, 11) is 1.61. The zero-order valence-corrected chi connectivity index (χ0v) is 15.5. The molecule has 0 saturated heterocycles. The number of anilines is 1. The summed E-state index contributed by atoms with van der Waals surface area (Å²) in [6.45, 7) is 5.99. The van der Waals surface area contributed by atoms with E-state index in [9.17, 15) is 18.0 Å². The molecular formula is C21H20F3NO2. The summed E-state index contributed by atoms with van der Waals surface area (Å²) in [6.07, 6.45) is -2.74. The second kappa shape index (κ2) is 6.76. The van der Waals surface area contributed by atoms with Gasteiger partial charge in [-0.3, -0.25) is 4.79 Å². The lowest BCUT2D eigenvalue weighted by Gasteiger charge is -2.15. The van der Waals surface area contributed by atoms with Gasteiger partial charge in [-0.05, 0) is 59.9 Å². The number of ether oxygens (including phenoxy) is 1. The Morgan fingerprint density at radius 2 is 1.85 bits per heavy atom. The van der Waals surface area contributed by atoms with Crippen LogP contribution >= 0.6 is 0 Å². The number of nitrogens with one attached hydrogen (secondary N) is 1. The number of hydrogen-bond acceptors (Lipinski definition) is 2. The van der Waals surface area contributed by atoms with Crippen molar-refractivity contribution in [2.75, 3.05) is 12.4 Å². The molecule has 1 amide bonds. The highest BCUT2D eigenvalue weighted by molar-refractivity contribution is 6.35. The maximum Gasteiger partial charge on any atom is 0.416 e. The highest BCUT2D eigenvalue weighted by Gasteiger charge is 2.33. The van der Waals surface area contributed by atoms with Crippen LogP contribution in [0, 0.1) is 6.92 Å². The van der Waals surface area contributed by atoms with E-state index in [-0.39, 0.29) is 11.6 Å². The lowest BCUT2D eigenvalue weighted by molar-refractivity contribution is -0.137. The number of benzene rings is 2. The molecule has 2 aromatic carbocycles. The molecule has 0 saturated carbocycles. The quantitative estimate of drug-likeness (QED) is 0.705. The number of fused-ring (bicyclic) bond motifs is 1. The van der Waals surface area contributed by atoms with Crippen molar-refractivity contribution in [1.82, 2.24) is 0 Å². The zero-order chi connectivity index (χ0) is 19.9. The van der Waals surface area contributed by atoms with Gasteiger partial charge in [-0.1, -0.05) is 19.9 Å². The summed E-state index contributed by atoms with van der Waals surface area (Å²) in [5, 5.41) is 2.53. The van der Waals surface area contributed by atoms with Crippen LogP contribution in [0.1, 0.15) is 47.6 Å². The Hall–Kier alpha value is -2.76. The summed E-state index contributed by atoms with van der Waals surface area (Å²) >= 11 is 0. The number of methoxy groups -OCH3 is 1. The highest BCUT2D eigenvalue weighted by atomic mass is 19.4. The molecule has 27 heavy (non-hydrogen) atoms. The van der Waals surface area contributed by atoms with E-state index in [1.807, 2.05) is 32.9 Å². The van der Waals surface area contributed by atoms with Crippen LogP contribution in [0.4, 0.5) is 18.9 Å². The predicted molar refractivity (Wildman–Crippen MR) is 99.8 cm³/mol. The van der Waals surface area contributed by atoms with Crippen molar-refractivity contribution in [3.8, 4) is 5.75 Å². The Bertz CT molecular complexity index is 943. The van der Waals surface area contributed by atoms with E-state index in [0.717, 1.165) is 34.6 Å². The van der Waals surface area contributed by atoms with Crippen LogP contribution in [0.25, 0.3) is 11.6 Å². The maximum absolute atomic E-state index is 12.9. The van der Waals surface area contributed by atoms with Gasteiger partial charge in [-0.15, -0.1) is 0 Å². The third-order valence-electron chi connectivity index (χ3n) is 4.67. The summed E-state index contributed by atoms with van der Waals surface area (Å²) < 4.78 is 44.1. The van der Waals surface area contributed by atoms with E-state index >= 15 is 0 Å². The van der Waals surface area contributed by atoms with Gasteiger partial charge >= 0.3 is 6.18 Å². The van der Waals surface area contributed by atoms with Crippen molar-refractivity contribution in [3.05, 3.63) is 58.1 Å². The Balaban J connectivity index is 2.10. The maximum atomic E-state index is 12.9. The van der Waals surface area contributed by atoms with Crippen LogP contribution in [0.2, 0.25) is 0 Å². The van der Waals surface area contributed by atoms with E-state index < -0.39 is 17.6 Å². The molecule has 1 aliphatic heterocycles. The molecule has 0 unspecified atom stereocenters. The Morgan fingerprint density at radius 1 is 1.15 bits per heavy atom. The number of halogens is 3. The SMILES string of the molecule is COc1cc(C)c(/C=C2\C(=O)Nc3cc(C(F)(F)F)ccc32)cc1C(C)C. The molecule has 0 atom stereocenters. The zero-order valence-electron chi connectivity index (χ0n) is 15.5. The highest BCUT2D eigenvalue weighted by Crippen LogP contribution is 2.39. The van der Waals surface area contributed by atoms with E-state index in [1.165, 1.54) is 6.07 Å². The summed E-state index contributed by atoms with van der Waals surface area (Å²) in [5.41, 5.74) is 2.95. The topological polar surface area (TPSA) is 38.3 Å². The van der Waals surface area contributed by atoms with Gasteiger partial charge in [-0.25, -0.2) is 0 Å². The molecule has 0 radical (unpaired) electrons. The van der Waals surface area contributed by atoms with Gasteiger partial charge < -0.3 is 10.1 Å². The first kappa shape index (κ1) is 19.0. The van der Waals surface area contributed by atoms with Crippen LogP contribution in [-0.4, -0.2) is 13.0 Å². The molecule has 0 spiro atoms. The van der Waals surface area contributed by atoms with Crippen LogP contribution < -0.4 is 10.1 Å². The minimum atomic E-state index is -4.45. The van der Waals surface area contributed by atoms with Crippen LogP contribution in [0.15, 0.2) is 30.3 Å². The Labute approximate surface area is 155 Å². The monoisotopic (exact) mass is 375 g/mol. The molecule has 0 bridgehead atoms. The average Bonchev–Trinajstić information content (AvgIpc) is 2.90. The van der Waals surface area contributed by atoms with Gasteiger partial charge in [0.1, 0.15) is 5.75 Å².